The number of hydrogen-bond donors (Lipinski definition) is 5. The van der Waals surface area contributed by atoms with E-state index < -0.39 is 35.6 Å². The average Bonchev–Trinajstić information content (AvgIpc) is 3.51. The maximum absolute atomic E-state index is 13.6. The number of benzene rings is 2. The quantitative estimate of drug-likeness (QED) is 0.123. The van der Waals surface area contributed by atoms with E-state index in [9.17, 15) is 27.6 Å². The van der Waals surface area contributed by atoms with Gasteiger partial charge in [0, 0.05) is 59.4 Å². The van der Waals surface area contributed by atoms with Crippen LogP contribution in [-0.4, -0.2) is 58.6 Å². The molecule has 0 aliphatic heterocycles. The predicted molar refractivity (Wildman–Crippen MR) is 173 cm³/mol. The molecule has 5 rings (SSSR count). The smallest absolute Gasteiger partial charge is 0.416 e. The maximum atomic E-state index is 13.6. The molecule has 1 atom stereocenters. The predicted octanol–water partition coefficient (Wildman–Crippen LogP) is 5.62. The lowest BCUT2D eigenvalue weighted by molar-refractivity contribution is -0.140. The highest BCUT2D eigenvalue weighted by atomic mass is 19.4. The first kappa shape index (κ1) is 35.7. The Bertz CT molecular complexity index is 1950. The number of carbonyl (C=O) groups is 3. The van der Waals surface area contributed by atoms with Gasteiger partial charge in [0.1, 0.15) is 6.04 Å². The Labute approximate surface area is 277 Å². The van der Waals surface area contributed by atoms with Crippen molar-refractivity contribution in [3.05, 3.63) is 108 Å². The molecule has 0 saturated carbocycles. The highest BCUT2D eigenvalue weighted by molar-refractivity contribution is 6.05. The molecular formula is C33H31F3N8O5. The van der Waals surface area contributed by atoms with Crippen LogP contribution in [-0.2, 0) is 15.8 Å². The number of hydrogen-bond acceptors (Lipinski definition) is 9. The van der Waals surface area contributed by atoms with E-state index in [-0.39, 0.29) is 29.8 Å². The van der Waals surface area contributed by atoms with E-state index in [1.165, 1.54) is 17.0 Å². The van der Waals surface area contributed by atoms with Gasteiger partial charge in [-0.25, -0.2) is 15.0 Å². The number of aliphatic carboxylic acids is 2. The Morgan fingerprint density at radius 1 is 1.00 bits per heavy atom. The first-order valence-corrected chi connectivity index (χ1v) is 14.6. The molecule has 13 nitrogen and oxygen atoms in total. The highest BCUT2D eigenvalue weighted by Gasteiger charge is 2.31. The number of imidazole rings is 1. The fraction of sp³-hybridized carbons (Fsp3) is 0.182. The summed E-state index contributed by atoms with van der Waals surface area (Å²) < 4.78 is 42.3. The fourth-order valence-corrected chi connectivity index (χ4v) is 4.28. The van der Waals surface area contributed by atoms with Gasteiger partial charge in [0.25, 0.3) is 5.91 Å². The van der Waals surface area contributed by atoms with Crippen LogP contribution in [0.25, 0.3) is 16.9 Å². The Hall–Kier alpha value is -6.16. The number of carbonyl (C=O) groups excluding carboxylic acids is 1. The number of amides is 1. The summed E-state index contributed by atoms with van der Waals surface area (Å²) in [5, 5.41) is 22.0. The molecule has 16 heteroatoms. The van der Waals surface area contributed by atoms with Crippen LogP contribution in [0.2, 0.25) is 0 Å². The largest absolute Gasteiger partial charge is 0.481 e. The van der Waals surface area contributed by atoms with Crippen LogP contribution in [0.15, 0.2) is 85.7 Å². The third kappa shape index (κ3) is 10.2. The van der Waals surface area contributed by atoms with Crippen molar-refractivity contribution in [3.63, 3.8) is 0 Å². The maximum Gasteiger partial charge on any atom is 0.416 e. The second-order valence-electron chi connectivity index (χ2n) is 10.7. The van der Waals surface area contributed by atoms with Crippen LogP contribution in [0.1, 0.15) is 40.0 Å². The van der Waals surface area contributed by atoms with Crippen LogP contribution in [0.4, 0.5) is 30.5 Å². The molecule has 0 spiro atoms. The second-order valence-corrected chi connectivity index (χ2v) is 10.7. The number of nitrogens with zero attached hydrogens (tertiary/aromatic N) is 5. The number of aryl methyl sites for hydroxylation is 2. The number of nitrogens with two attached hydrogens (primary N) is 1. The number of alkyl halides is 3. The average molecular weight is 677 g/mol. The molecule has 2 aromatic carbocycles. The molecule has 0 fully saturated rings. The number of halogens is 3. The van der Waals surface area contributed by atoms with Crippen molar-refractivity contribution < 1.29 is 37.8 Å². The Morgan fingerprint density at radius 3 is 2.41 bits per heavy atom. The van der Waals surface area contributed by atoms with Crippen molar-refractivity contribution in [1.29, 1.82) is 0 Å². The van der Waals surface area contributed by atoms with Crippen LogP contribution in [0, 0.1) is 13.8 Å². The lowest BCUT2D eigenvalue weighted by Gasteiger charge is -2.14. The van der Waals surface area contributed by atoms with Gasteiger partial charge >= 0.3 is 18.1 Å². The van der Waals surface area contributed by atoms with Gasteiger partial charge < -0.3 is 31.1 Å². The van der Waals surface area contributed by atoms with E-state index >= 15 is 0 Å². The van der Waals surface area contributed by atoms with Gasteiger partial charge in [0.15, 0.2) is 0 Å². The summed E-state index contributed by atoms with van der Waals surface area (Å²) >= 11 is 0. The standard InChI is InChI=1S/C28H22F3N7O.C5H9NO4/c1-17-5-6-19(10-25(17)37-27-33-9-7-24(36-27)20-4-3-8-32-14-20)26(39)35-22-11-21(28(29,30)31)12-23(13-22)38-15-18(2)34-16-38;6-3(5(9)10)1-2-4(7)8/h3-16H,1-2H3,(H,35,39)(H,33,36,37);3H,1-2,6H2,(H,7,8)(H,9,10)/t;3-/m.0/s1. The first-order chi connectivity index (χ1) is 23.2. The van der Waals surface area contributed by atoms with Gasteiger partial charge in [0.2, 0.25) is 5.95 Å². The van der Waals surface area contributed by atoms with E-state index in [1.807, 2.05) is 13.0 Å². The number of anilines is 3. The van der Waals surface area contributed by atoms with Crippen molar-refractivity contribution in [1.82, 2.24) is 24.5 Å². The van der Waals surface area contributed by atoms with Gasteiger partial charge in [-0.3, -0.25) is 19.4 Å². The summed E-state index contributed by atoms with van der Waals surface area (Å²) in [7, 11) is 0. The lowest BCUT2D eigenvalue weighted by Crippen LogP contribution is -2.30. The van der Waals surface area contributed by atoms with E-state index in [2.05, 4.69) is 30.6 Å². The summed E-state index contributed by atoms with van der Waals surface area (Å²) in [5.41, 5.74) is 8.09. The van der Waals surface area contributed by atoms with Crippen molar-refractivity contribution in [2.45, 2.75) is 38.9 Å². The number of pyridine rings is 1. The fourth-order valence-electron chi connectivity index (χ4n) is 4.28. The minimum absolute atomic E-state index is 0.00114. The molecule has 3 heterocycles. The minimum atomic E-state index is -4.60. The van der Waals surface area contributed by atoms with Crippen molar-refractivity contribution >= 4 is 35.2 Å². The normalized spacial score (nSPS) is 11.6. The van der Waals surface area contributed by atoms with E-state index in [1.54, 1.807) is 62.0 Å². The SMILES string of the molecule is Cc1cn(-c2cc(NC(=O)c3ccc(C)c(Nc4nccc(-c5cccnc5)n4)c3)cc(C(F)(F)F)c2)cn1.N[C@@H](CCC(=O)O)C(=O)O. The minimum Gasteiger partial charge on any atom is -0.481 e. The highest BCUT2D eigenvalue weighted by Crippen LogP contribution is 2.33. The molecule has 5 aromatic rings. The molecule has 0 radical (unpaired) electrons. The third-order valence-electron chi connectivity index (χ3n) is 6.86. The Balaban J connectivity index is 0.000000471. The van der Waals surface area contributed by atoms with Gasteiger partial charge in [0.05, 0.1) is 23.3 Å². The van der Waals surface area contributed by atoms with Crippen LogP contribution in [0.3, 0.4) is 0 Å². The number of nitrogens with one attached hydrogen (secondary N) is 2. The first-order valence-electron chi connectivity index (χ1n) is 14.6. The molecule has 3 aromatic heterocycles. The molecule has 254 valence electrons. The second kappa shape index (κ2) is 15.6. The molecule has 0 aliphatic carbocycles. The summed E-state index contributed by atoms with van der Waals surface area (Å²) in [4.78, 5) is 49.9. The number of carboxylic acid groups (broad SMARTS) is 2. The zero-order valence-electron chi connectivity index (χ0n) is 26.1. The molecule has 6 N–H and O–H groups in total. The zero-order chi connectivity index (χ0) is 35.7. The lowest BCUT2D eigenvalue weighted by atomic mass is 10.1. The molecule has 0 aliphatic rings. The van der Waals surface area contributed by atoms with Crippen molar-refractivity contribution in [2.75, 3.05) is 10.6 Å². The molecular weight excluding hydrogens is 645 g/mol. The van der Waals surface area contributed by atoms with Gasteiger partial charge in [-0.2, -0.15) is 13.2 Å². The van der Waals surface area contributed by atoms with E-state index in [0.717, 1.165) is 23.3 Å². The van der Waals surface area contributed by atoms with Gasteiger partial charge in [-0.15, -0.1) is 0 Å². The molecule has 0 unspecified atom stereocenters. The van der Waals surface area contributed by atoms with Crippen molar-refractivity contribution in [3.8, 4) is 16.9 Å². The topological polar surface area (TPSA) is 198 Å². The molecule has 49 heavy (non-hydrogen) atoms. The molecule has 1 amide bonds. The number of aromatic nitrogens is 5. The summed E-state index contributed by atoms with van der Waals surface area (Å²) in [6.45, 7) is 3.58. The van der Waals surface area contributed by atoms with Crippen molar-refractivity contribution in [2.24, 2.45) is 5.73 Å². The Kier molecular flexibility index (Phi) is 11.4. The van der Waals surface area contributed by atoms with Gasteiger partial charge in [-0.1, -0.05) is 6.07 Å². The number of rotatable bonds is 10. The van der Waals surface area contributed by atoms with E-state index in [4.69, 9.17) is 15.9 Å². The number of carboxylic acids is 2. The monoisotopic (exact) mass is 676 g/mol. The zero-order valence-corrected chi connectivity index (χ0v) is 26.1. The third-order valence-corrected chi connectivity index (χ3v) is 6.86. The summed E-state index contributed by atoms with van der Waals surface area (Å²) in [6.07, 6.45) is 3.16. The molecule has 0 saturated heterocycles. The van der Waals surface area contributed by atoms with Crippen LogP contribution < -0.4 is 16.4 Å². The van der Waals surface area contributed by atoms with E-state index in [0.29, 0.717) is 23.0 Å². The van der Waals surface area contributed by atoms with Crippen LogP contribution >= 0.6 is 0 Å². The van der Waals surface area contributed by atoms with Gasteiger partial charge in [-0.05, 0) is 74.4 Å². The Morgan fingerprint density at radius 2 is 1.78 bits per heavy atom. The van der Waals surface area contributed by atoms with Crippen LogP contribution in [0.5, 0.6) is 0 Å². The summed E-state index contributed by atoms with van der Waals surface area (Å²) in [5.74, 6) is -2.46. The molecule has 0 bridgehead atoms. The summed E-state index contributed by atoms with van der Waals surface area (Å²) in [6, 6.07) is 12.7.